The van der Waals surface area contributed by atoms with Crippen LogP contribution in [0.5, 0.6) is 0 Å². The number of ether oxygens (including phenoxy) is 1. The number of benzene rings is 1. The average Bonchev–Trinajstić information content (AvgIpc) is 2.08. The summed E-state index contributed by atoms with van der Waals surface area (Å²) in [6.45, 7) is 2.02. The van der Waals surface area contributed by atoms with Crippen molar-refractivity contribution in [3.63, 3.8) is 0 Å². The van der Waals surface area contributed by atoms with Gasteiger partial charge >= 0.3 is 0 Å². The van der Waals surface area contributed by atoms with E-state index in [1.54, 1.807) is 12.1 Å². The SMILES string of the molecule is CC(=O)C1(c2cc(Br)ccc2F)COC1. The summed E-state index contributed by atoms with van der Waals surface area (Å²) < 4.78 is 19.4. The molecule has 2 nitrogen and oxygen atoms in total. The molecule has 80 valence electrons. The lowest BCUT2D eigenvalue weighted by Gasteiger charge is -2.39. The zero-order chi connectivity index (χ0) is 11.1. The molecule has 1 fully saturated rings. The molecule has 4 heteroatoms. The second-order valence-electron chi connectivity index (χ2n) is 3.76. The fourth-order valence-corrected chi connectivity index (χ4v) is 2.08. The largest absolute Gasteiger partial charge is 0.378 e. The van der Waals surface area contributed by atoms with Gasteiger partial charge in [0.05, 0.1) is 13.2 Å². The molecule has 0 spiro atoms. The van der Waals surface area contributed by atoms with E-state index in [9.17, 15) is 9.18 Å². The van der Waals surface area contributed by atoms with Gasteiger partial charge < -0.3 is 4.74 Å². The number of ketones is 1. The Balaban J connectivity index is 2.51. The third-order valence-corrected chi connectivity index (χ3v) is 3.31. The molecule has 2 rings (SSSR count). The van der Waals surface area contributed by atoms with E-state index in [-0.39, 0.29) is 24.8 Å². The molecule has 0 aliphatic carbocycles. The maximum atomic E-state index is 13.6. The average molecular weight is 273 g/mol. The standard InChI is InChI=1S/C11H10BrFO2/c1-7(14)11(5-15-6-11)9-4-8(12)2-3-10(9)13/h2-4H,5-6H2,1H3. The highest BCUT2D eigenvalue weighted by Crippen LogP contribution is 2.36. The van der Waals surface area contributed by atoms with Crippen LogP contribution in [0, 0.1) is 5.82 Å². The monoisotopic (exact) mass is 272 g/mol. The lowest BCUT2D eigenvalue weighted by Crippen LogP contribution is -2.52. The van der Waals surface area contributed by atoms with E-state index in [1.165, 1.54) is 13.0 Å². The molecule has 1 heterocycles. The van der Waals surface area contributed by atoms with E-state index in [0.717, 1.165) is 4.47 Å². The van der Waals surface area contributed by atoms with Gasteiger partial charge in [-0.3, -0.25) is 4.79 Å². The number of rotatable bonds is 2. The van der Waals surface area contributed by atoms with E-state index in [1.807, 2.05) is 0 Å². The predicted molar refractivity (Wildman–Crippen MR) is 57.3 cm³/mol. The Bertz CT molecular complexity index is 413. The summed E-state index contributed by atoms with van der Waals surface area (Å²) in [6, 6.07) is 4.63. The number of hydrogen-bond acceptors (Lipinski definition) is 2. The first-order chi connectivity index (χ1) is 7.06. The number of hydrogen-bond donors (Lipinski definition) is 0. The highest BCUT2D eigenvalue weighted by atomic mass is 79.9. The lowest BCUT2D eigenvalue weighted by molar-refractivity contribution is -0.140. The third-order valence-electron chi connectivity index (χ3n) is 2.81. The van der Waals surface area contributed by atoms with Crippen LogP contribution >= 0.6 is 15.9 Å². The van der Waals surface area contributed by atoms with Crippen molar-refractivity contribution in [2.24, 2.45) is 0 Å². The molecule has 0 saturated carbocycles. The zero-order valence-corrected chi connectivity index (χ0v) is 9.80. The molecular weight excluding hydrogens is 263 g/mol. The quantitative estimate of drug-likeness (QED) is 0.827. The van der Waals surface area contributed by atoms with E-state index in [0.29, 0.717) is 5.56 Å². The molecular formula is C11H10BrFO2. The van der Waals surface area contributed by atoms with Crippen LogP contribution in [0.4, 0.5) is 4.39 Å². The Kier molecular flexibility index (Phi) is 2.64. The van der Waals surface area contributed by atoms with Gasteiger partial charge in [0, 0.05) is 10.0 Å². The Hall–Kier alpha value is -0.740. The zero-order valence-electron chi connectivity index (χ0n) is 8.22. The topological polar surface area (TPSA) is 26.3 Å². The van der Waals surface area contributed by atoms with Crippen molar-refractivity contribution in [3.8, 4) is 0 Å². The Morgan fingerprint density at radius 2 is 2.20 bits per heavy atom. The first-order valence-electron chi connectivity index (χ1n) is 4.60. The van der Waals surface area contributed by atoms with Gasteiger partial charge in [0.1, 0.15) is 17.0 Å². The highest BCUT2D eigenvalue weighted by molar-refractivity contribution is 9.10. The third kappa shape index (κ3) is 1.62. The molecule has 0 atom stereocenters. The minimum absolute atomic E-state index is 0.0502. The first kappa shape index (κ1) is 10.8. The van der Waals surface area contributed by atoms with E-state index >= 15 is 0 Å². The summed E-state index contributed by atoms with van der Waals surface area (Å²) in [7, 11) is 0. The van der Waals surface area contributed by atoms with Gasteiger partial charge in [0.2, 0.25) is 0 Å². The second-order valence-corrected chi connectivity index (χ2v) is 4.67. The molecule has 15 heavy (non-hydrogen) atoms. The summed E-state index contributed by atoms with van der Waals surface area (Å²) in [5, 5.41) is 0. The van der Waals surface area contributed by atoms with Crippen molar-refractivity contribution in [2.75, 3.05) is 13.2 Å². The van der Waals surface area contributed by atoms with Crippen LogP contribution in [0.2, 0.25) is 0 Å². The van der Waals surface area contributed by atoms with E-state index in [4.69, 9.17) is 4.74 Å². The number of carbonyl (C=O) groups is 1. The summed E-state index contributed by atoms with van der Waals surface area (Å²) >= 11 is 3.27. The van der Waals surface area contributed by atoms with Gasteiger partial charge in [-0.15, -0.1) is 0 Å². The van der Waals surface area contributed by atoms with Crippen LogP contribution in [0.15, 0.2) is 22.7 Å². The molecule has 0 radical (unpaired) electrons. The summed E-state index contributed by atoms with van der Waals surface area (Å²) in [5.41, 5.74) is -0.343. The van der Waals surface area contributed by atoms with Gasteiger partial charge in [-0.1, -0.05) is 15.9 Å². The Morgan fingerprint density at radius 1 is 1.53 bits per heavy atom. The van der Waals surface area contributed by atoms with Crippen LogP contribution in [-0.2, 0) is 14.9 Å². The minimum atomic E-state index is -0.770. The summed E-state index contributed by atoms with van der Waals surface area (Å²) in [6.07, 6.45) is 0. The molecule has 0 N–H and O–H groups in total. The molecule has 1 aliphatic heterocycles. The van der Waals surface area contributed by atoms with Crippen LogP contribution in [0.25, 0.3) is 0 Å². The molecule has 0 bridgehead atoms. The Labute approximate surface area is 95.6 Å². The van der Waals surface area contributed by atoms with Gasteiger partial charge in [-0.2, -0.15) is 0 Å². The maximum Gasteiger partial charge on any atom is 0.145 e. The molecule has 1 aromatic carbocycles. The molecule has 1 saturated heterocycles. The van der Waals surface area contributed by atoms with Gasteiger partial charge in [0.25, 0.3) is 0 Å². The van der Waals surface area contributed by atoms with Crippen molar-refractivity contribution in [2.45, 2.75) is 12.3 Å². The fraction of sp³-hybridized carbons (Fsp3) is 0.364. The van der Waals surface area contributed by atoms with Gasteiger partial charge in [0.15, 0.2) is 0 Å². The van der Waals surface area contributed by atoms with Crippen molar-refractivity contribution in [3.05, 3.63) is 34.1 Å². The second kappa shape index (κ2) is 3.68. The maximum absolute atomic E-state index is 13.6. The molecule has 0 amide bonds. The molecule has 1 aromatic rings. The predicted octanol–water partition coefficient (Wildman–Crippen LogP) is 2.45. The smallest absolute Gasteiger partial charge is 0.145 e. The van der Waals surface area contributed by atoms with Crippen molar-refractivity contribution >= 4 is 21.7 Å². The number of Topliss-reactive ketones (excluding diaryl/α,β-unsaturated/α-hetero) is 1. The van der Waals surface area contributed by atoms with Crippen molar-refractivity contribution in [1.29, 1.82) is 0 Å². The number of halogens is 2. The van der Waals surface area contributed by atoms with Crippen LogP contribution in [-0.4, -0.2) is 19.0 Å². The van der Waals surface area contributed by atoms with Crippen LogP contribution in [0.1, 0.15) is 12.5 Å². The first-order valence-corrected chi connectivity index (χ1v) is 5.40. The Morgan fingerprint density at radius 3 is 2.67 bits per heavy atom. The van der Waals surface area contributed by atoms with Gasteiger partial charge in [-0.25, -0.2) is 4.39 Å². The van der Waals surface area contributed by atoms with E-state index < -0.39 is 5.41 Å². The van der Waals surface area contributed by atoms with Crippen LogP contribution < -0.4 is 0 Å². The normalized spacial score (nSPS) is 18.3. The van der Waals surface area contributed by atoms with Crippen molar-refractivity contribution < 1.29 is 13.9 Å². The molecule has 0 aromatic heterocycles. The summed E-state index contributed by atoms with van der Waals surface area (Å²) in [5.74, 6) is -0.401. The van der Waals surface area contributed by atoms with Crippen LogP contribution in [0.3, 0.4) is 0 Å². The van der Waals surface area contributed by atoms with Crippen molar-refractivity contribution in [1.82, 2.24) is 0 Å². The summed E-state index contributed by atoms with van der Waals surface area (Å²) in [4.78, 5) is 11.5. The molecule has 1 aliphatic rings. The number of carbonyl (C=O) groups excluding carboxylic acids is 1. The highest BCUT2D eigenvalue weighted by Gasteiger charge is 2.46. The molecule has 0 unspecified atom stereocenters. The van der Waals surface area contributed by atoms with Gasteiger partial charge in [-0.05, 0) is 25.1 Å². The van der Waals surface area contributed by atoms with E-state index in [2.05, 4.69) is 15.9 Å². The minimum Gasteiger partial charge on any atom is -0.378 e. The lowest BCUT2D eigenvalue weighted by atomic mass is 9.75. The fourth-order valence-electron chi connectivity index (χ4n) is 1.72.